The summed E-state index contributed by atoms with van der Waals surface area (Å²) in [5.41, 5.74) is 1.79. The molecule has 2 amide bonds. The lowest BCUT2D eigenvalue weighted by Gasteiger charge is -2.23. The minimum Gasteiger partial charge on any atom is -0.349 e. The van der Waals surface area contributed by atoms with E-state index in [2.05, 4.69) is 5.32 Å². The molecule has 1 unspecified atom stereocenters. The fourth-order valence-corrected chi connectivity index (χ4v) is 2.86. The molecule has 0 aliphatic carbocycles. The molecule has 1 N–H and O–H groups in total. The van der Waals surface area contributed by atoms with Gasteiger partial charge in [-0.25, -0.2) is 0 Å². The zero-order valence-electron chi connectivity index (χ0n) is 14.1. The number of carbonyl (C=O) groups is 2. The zero-order chi connectivity index (χ0) is 18.4. The van der Waals surface area contributed by atoms with Crippen molar-refractivity contribution in [3.8, 4) is 0 Å². The number of amides is 2. The highest BCUT2D eigenvalue weighted by Crippen LogP contribution is 2.21. The van der Waals surface area contributed by atoms with Crippen LogP contribution in [0.15, 0.2) is 48.5 Å². The van der Waals surface area contributed by atoms with Crippen LogP contribution < -0.4 is 5.32 Å². The first-order valence-corrected chi connectivity index (χ1v) is 8.61. The van der Waals surface area contributed by atoms with Gasteiger partial charge in [-0.05, 0) is 35.4 Å². The Hall–Kier alpha value is -2.04. The maximum Gasteiger partial charge on any atom is 0.225 e. The van der Waals surface area contributed by atoms with Gasteiger partial charge in [0.1, 0.15) is 0 Å². The highest BCUT2D eigenvalue weighted by atomic mass is 35.5. The number of rotatable bonds is 6. The second-order valence-corrected chi connectivity index (χ2v) is 6.76. The van der Waals surface area contributed by atoms with Crippen molar-refractivity contribution in [3.05, 3.63) is 69.7 Å². The molecular formula is C19H20Cl2N2O2. The van der Waals surface area contributed by atoms with E-state index in [1.807, 2.05) is 30.3 Å². The summed E-state index contributed by atoms with van der Waals surface area (Å²) in [5, 5.41) is 4.06. The van der Waals surface area contributed by atoms with Crippen molar-refractivity contribution in [2.24, 2.45) is 0 Å². The van der Waals surface area contributed by atoms with Crippen LogP contribution in [-0.4, -0.2) is 23.8 Å². The molecule has 1 atom stereocenters. The maximum absolute atomic E-state index is 12.6. The van der Waals surface area contributed by atoms with E-state index >= 15 is 0 Å². The fourth-order valence-electron chi connectivity index (χ4n) is 2.52. The van der Waals surface area contributed by atoms with Crippen LogP contribution in [0.2, 0.25) is 10.0 Å². The van der Waals surface area contributed by atoms with Crippen molar-refractivity contribution in [2.75, 3.05) is 7.05 Å². The normalized spacial score (nSPS) is 11.7. The summed E-state index contributed by atoms with van der Waals surface area (Å²) in [6, 6.07) is 14.1. The van der Waals surface area contributed by atoms with Crippen LogP contribution in [0.3, 0.4) is 0 Å². The van der Waals surface area contributed by atoms with Crippen molar-refractivity contribution in [3.63, 3.8) is 0 Å². The molecule has 0 aliphatic rings. The lowest BCUT2D eigenvalue weighted by Crippen LogP contribution is -2.33. The average Bonchev–Trinajstić information content (AvgIpc) is 2.54. The molecule has 0 heterocycles. The van der Waals surface area contributed by atoms with Gasteiger partial charge in [-0.1, -0.05) is 47.5 Å². The second-order valence-electron chi connectivity index (χ2n) is 5.89. The Kier molecular flexibility index (Phi) is 6.85. The van der Waals surface area contributed by atoms with Crippen molar-refractivity contribution in [2.45, 2.75) is 25.9 Å². The minimum absolute atomic E-state index is 0.0753. The largest absolute Gasteiger partial charge is 0.349 e. The van der Waals surface area contributed by atoms with Gasteiger partial charge in [0.15, 0.2) is 0 Å². The average molecular weight is 379 g/mol. The Labute approximate surface area is 157 Å². The molecule has 2 aromatic carbocycles. The number of hydrogen-bond acceptors (Lipinski definition) is 2. The molecule has 4 nitrogen and oxygen atoms in total. The molecule has 2 rings (SSSR count). The zero-order valence-corrected chi connectivity index (χ0v) is 15.6. The van der Waals surface area contributed by atoms with Gasteiger partial charge in [0, 0.05) is 30.6 Å². The van der Waals surface area contributed by atoms with Crippen molar-refractivity contribution in [1.82, 2.24) is 10.2 Å². The summed E-state index contributed by atoms with van der Waals surface area (Å²) in [4.78, 5) is 25.7. The molecule has 0 aliphatic heterocycles. The minimum atomic E-state index is -0.399. The Balaban J connectivity index is 2.07. The summed E-state index contributed by atoms with van der Waals surface area (Å²) in [7, 11) is 1.73. The van der Waals surface area contributed by atoms with E-state index in [0.717, 1.165) is 11.1 Å². The Morgan fingerprint density at radius 3 is 2.36 bits per heavy atom. The first kappa shape index (κ1) is 19.3. The topological polar surface area (TPSA) is 49.4 Å². The van der Waals surface area contributed by atoms with E-state index in [1.165, 1.54) is 6.92 Å². The number of nitrogens with zero attached hydrogens (tertiary/aromatic N) is 1. The van der Waals surface area contributed by atoms with Gasteiger partial charge in [0.25, 0.3) is 0 Å². The van der Waals surface area contributed by atoms with Gasteiger partial charge in [0.2, 0.25) is 11.8 Å². The fraction of sp³-hybridized carbons (Fsp3) is 0.263. The van der Waals surface area contributed by atoms with Crippen LogP contribution in [0.4, 0.5) is 0 Å². The highest BCUT2D eigenvalue weighted by Gasteiger charge is 2.19. The molecule has 2 aromatic rings. The summed E-state index contributed by atoms with van der Waals surface area (Å²) in [5.74, 6) is -0.265. The Bertz CT molecular complexity index is 747. The Morgan fingerprint density at radius 2 is 1.76 bits per heavy atom. The van der Waals surface area contributed by atoms with Crippen LogP contribution in [-0.2, 0) is 16.1 Å². The lowest BCUT2D eigenvalue weighted by molar-refractivity contribution is -0.131. The van der Waals surface area contributed by atoms with E-state index in [0.29, 0.717) is 16.6 Å². The second kappa shape index (κ2) is 8.88. The van der Waals surface area contributed by atoms with Crippen molar-refractivity contribution < 1.29 is 9.59 Å². The van der Waals surface area contributed by atoms with Gasteiger partial charge >= 0.3 is 0 Å². The van der Waals surface area contributed by atoms with Crippen LogP contribution >= 0.6 is 23.2 Å². The predicted octanol–water partition coefficient (Wildman–Crippen LogP) is 4.22. The van der Waals surface area contributed by atoms with Gasteiger partial charge in [0.05, 0.1) is 12.5 Å². The van der Waals surface area contributed by atoms with E-state index in [-0.39, 0.29) is 18.2 Å². The molecule has 132 valence electrons. The third kappa shape index (κ3) is 6.07. The summed E-state index contributed by atoms with van der Waals surface area (Å²) in [6.45, 7) is 1.88. The third-order valence-electron chi connectivity index (χ3n) is 3.76. The molecule has 0 fully saturated rings. The van der Waals surface area contributed by atoms with E-state index in [9.17, 15) is 9.59 Å². The Morgan fingerprint density at radius 1 is 1.08 bits per heavy atom. The van der Waals surface area contributed by atoms with Crippen LogP contribution in [0.1, 0.15) is 30.5 Å². The number of nitrogens with one attached hydrogen (secondary N) is 1. The molecule has 0 aromatic heterocycles. The van der Waals surface area contributed by atoms with Crippen LogP contribution in [0.25, 0.3) is 0 Å². The molecular weight excluding hydrogens is 359 g/mol. The smallest absolute Gasteiger partial charge is 0.225 e. The third-order valence-corrected chi connectivity index (χ3v) is 4.25. The van der Waals surface area contributed by atoms with E-state index < -0.39 is 6.04 Å². The van der Waals surface area contributed by atoms with Crippen LogP contribution in [0.5, 0.6) is 0 Å². The number of hydrogen-bond donors (Lipinski definition) is 1. The standard InChI is InChI=1S/C19H20Cl2N2O2/c1-13(24)22-18(15-6-8-16(20)9-7-15)11-19(25)23(2)12-14-4-3-5-17(21)10-14/h3-10,18H,11-12H2,1-2H3,(H,22,24). The first-order chi connectivity index (χ1) is 11.8. The molecule has 0 saturated heterocycles. The van der Waals surface area contributed by atoms with Crippen molar-refractivity contribution in [1.29, 1.82) is 0 Å². The number of carbonyl (C=O) groups excluding carboxylic acids is 2. The monoisotopic (exact) mass is 378 g/mol. The van der Waals surface area contributed by atoms with E-state index in [4.69, 9.17) is 23.2 Å². The summed E-state index contributed by atoms with van der Waals surface area (Å²) in [6.07, 6.45) is 0.165. The van der Waals surface area contributed by atoms with Crippen LogP contribution in [0, 0.1) is 0 Å². The summed E-state index contributed by atoms with van der Waals surface area (Å²) < 4.78 is 0. The summed E-state index contributed by atoms with van der Waals surface area (Å²) >= 11 is 11.9. The van der Waals surface area contributed by atoms with E-state index in [1.54, 1.807) is 30.1 Å². The molecule has 25 heavy (non-hydrogen) atoms. The van der Waals surface area contributed by atoms with Gasteiger partial charge in [-0.15, -0.1) is 0 Å². The maximum atomic E-state index is 12.6. The van der Waals surface area contributed by atoms with Gasteiger partial charge < -0.3 is 10.2 Å². The molecule has 6 heteroatoms. The lowest BCUT2D eigenvalue weighted by atomic mass is 10.0. The molecule has 0 bridgehead atoms. The predicted molar refractivity (Wildman–Crippen MR) is 101 cm³/mol. The van der Waals surface area contributed by atoms with Gasteiger partial charge in [-0.2, -0.15) is 0 Å². The molecule has 0 spiro atoms. The number of benzene rings is 2. The van der Waals surface area contributed by atoms with Gasteiger partial charge in [-0.3, -0.25) is 9.59 Å². The van der Waals surface area contributed by atoms with Crippen molar-refractivity contribution >= 4 is 35.0 Å². The first-order valence-electron chi connectivity index (χ1n) is 7.86. The molecule has 0 radical (unpaired) electrons. The highest BCUT2D eigenvalue weighted by molar-refractivity contribution is 6.30. The SMILES string of the molecule is CC(=O)NC(CC(=O)N(C)Cc1cccc(Cl)c1)c1ccc(Cl)cc1. The quantitative estimate of drug-likeness (QED) is 0.817. The molecule has 0 saturated carbocycles. The number of halogens is 2.